The fourth-order valence-electron chi connectivity index (χ4n) is 1.77. The van der Waals surface area contributed by atoms with Crippen LogP contribution in [0.4, 0.5) is 0 Å². The Kier molecular flexibility index (Phi) is 1.45. The fraction of sp³-hybridized carbons (Fsp3) is 0.400. The normalized spacial score (nSPS) is 45.1. The molecule has 2 heterocycles. The van der Waals surface area contributed by atoms with Crippen molar-refractivity contribution in [2.45, 2.75) is 23.3 Å². The zero-order valence-corrected chi connectivity index (χ0v) is 8.51. The van der Waals surface area contributed by atoms with Gasteiger partial charge >= 0.3 is 0 Å². The van der Waals surface area contributed by atoms with E-state index >= 15 is 0 Å². The predicted octanol–water partition coefficient (Wildman–Crippen LogP) is 1.61. The molecule has 0 aromatic rings. The van der Waals surface area contributed by atoms with E-state index in [0.717, 1.165) is 0 Å². The zero-order valence-electron chi connectivity index (χ0n) is 7.69. The van der Waals surface area contributed by atoms with Crippen molar-refractivity contribution < 1.29 is 8.42 Å². The molecular formula is C10H12O2S. The molecule has 3 heteroatoms. The van der Waals surface area contributed by atoms with Crippen molar-refractivity contribution in [1.29, 1.82) is 0 Å². The molecular weight excluding hydrogens is 184 g/mol. The first-order valence-electron chi connectivity index (χ1n) is 4.23. The van der Waals surface area contributed by atoms with E-state index in [1.807, 2.05) is 0 Å². The fourth-order valence-corrected chi connectivity index (χ4v) is 3.72. The molecule has 2 rings (SSSR count). The molecule has 0 radical (unpaired) electrons. The van der Waals surface area contributed by atoms with Crippen LogP contribution in [0.25, 0.3) is 0 Å². The van der Waals surface area contributed by atoms with Gasteiger partial charge in [-0.25, -0.2) is 8.42 Å². The van der Waals surface area contributed by atoms with Crippen molar-refractivity contribution in [2.75, 3.05) is 0 Å². The summed E-state index contributed by atoms with van der Waals surface area (Å²) in [7, 11) is -3.15. The number of fused-ring (bicyclic) bond motifs is 2. The maximum atomic E-state index is 12.1. The van der Waals surface area contributed by atoms with E-state index in [9.17, 15) is 8.42 Å². The standard InChI is InChI=1S/C10H12O2S/c1-9-5-3-4-6-10(2,8-7-9)13(9,11)12/h3-8H,1-2H3. The lowest BCUT2D eigenvalue weighted by atomic mass is 10.0. The van der Waals surface area contributed by atoms with Crippen molar-refractivity contribution in [3.05, 3.63) is 36.5 Å². The summed E-state index contributed by atoms with van der Waals surface area (Å²) in [5.41, 5.74) is 0. The molecule has 70 valence electrons. The lowest BCUT2D eigenvalue weighted by Crippen LogP contribution is -2.38. The first-order chi connectivity index (χ1) is 5.91. The molecule has 13 heavy (non-hydrogen) atoms. The van der Waals surface area contributed by atoms with Gasteiger partial charge in [-0.2, -0.15) is 0 Å². The van der Waals surface area contributed by atoms with E-state index in [1.54, 1.807) is 50.3 Å². The van der Waals surface area contributed by atoms with Gasteiger partial charge in [0.2, 0.25) is 0 Å². The summed E-state index contributed by atoms with van der Waals surface area (Å²) in [4.78, 5) is 0. The average Bonchev–Trinajstić information content (AvgIpc) is 2.15. The first kappa shape index (κ1) is 8.75. The van der Waals surface area contributed by atoms with Crippen molar-refractivity contribution >= 4 is 9.84 Å². The molecule has 2 atom stereocenters. The monoisotopic (exact) mass is 196 g/mol. The topological polar surface area (TPSA) is 34.1 Å². The molecule has 2 bridgehead atoms. The smallest absolute Gasteiger partial charge is 0.175 e. The Balaban J connectivity index is 2.79. The van der Waals surface area contributed by atoms with Gasteiger partial charge in [0.15, 0.2) is 9.84 Å². The van der Waals surface area contributed by atoms with E-state index in [4.69, 9.17) is 0 Å². The van der Waals surface area contributed by atoms with Crippen LogP contribution in [0.2, 0.25) is 0 Å². The second kappa shape index (κ2) is 2.15. The SMILES string of the molecule is CC12C=CC=CC(C)(C=C1)S2(=O)=O. The minimum absolute atomic E-state index is 0.814. The molecule has 0 aliphatic carbocycles. The number of sulfone groups is 1. The van der Waals surface area contributed by atoms with Crippen LogP contribution in [0.1, 0.15) is 13.8 Å². The number of allylic oxidation sites excluding steroid dienone is 2. The van der Waals surface area contributed by atoms with Crippen molar-refractivity contribution in [1.82, 2.24) is 0 Å². The zero-order chi connectivity index (χ0) is 9.74. The molecule has 0 fully saturated rings. The summed E-state index contributed by atoms with van der Waals surface area (Å²) in [5, 5.41) is 0. The third-order valence-electron chi connectivity index (χ3n) is 2.87. The molecule has 0 spiro atoms. The summed E-state index contributed by atoms with van der Waals surface area (Å²) in [6.45, 7) is 3.46. The minimum atomic E-state index is -3.15. The Morgan fingerprint density at radius 2 is 1.23 bits per heavy atom. The molecule has 0 saturated carbocycles. The van der Waals surface area contributed by atoms with Gasteiger partial charge in [0.05, 0.1) is 0 Å². The van der Waals surface area contributed by atoms with Gasteiger partial charge in [-0.15, -0.1) is 0 Å². The van der Waals surface area contributed by atoms with Crippen LogP contribution in [0.15, 0.2) is 36.5 Å². The van der Waals surface area contributed by atoms with Gasteiger partial charge in [-0.05, 0) is 13.8 Å². The Morgan fingerprint density at radius 3 is 1.62 bits per heavy atom. The van der Waals surface area contributed by atoms with Crippen molar-refractivity contribution in [2.24, 2.45) is 0 Å². The van der Waals surface area contributed by atoms with E-state index < -0.39 is 19.3 Å². The lowest BCUT2D eigenvalue weighted by molar-refractivity contribution is 0.571. The quantitative estimate of drug-likeness (QED) is 0.552. The van der Waals surface area contributed by atoms with Crippen LogP contribution < -0.4 is 0 Å². The molecule has 0 amide bonds. The van der Waals surface area contributed by atoms with Crippen molar-refractivity contribution in [3.8, 4) is 0 Å². The van der Waals surface area contributed by atoms with Crippen molar-refractivity contribution in [3.63, 3.8) is 0 Å². The Morgan fingerprint density at radius 1 is 0.846 bits per heavy atom. The third-order valence-corrected chi connectivity index (χ3v) is 5.73. The highest BCUT2D eigenvalue weighted by Crippen LogP contribution is 2.41. The molecule has 0 saturated heterocycles. The van der Waals surface area contributed by atoms with Crippen LogP contribution in [0, 0.1) is 0 Å². The summed E-state index contributed by atoms with van der Waals surface area (Å²) < 4.78 is 22.5. The Labute approximate surface area is 78.6 Å². The third kappa shape index (κ3) is 0.854. The minimum Gasteiger partial charge on any atom is -0.226 e. The lowest BCUT2D eigenvalue weighted by Gasteiger charge is -2.23. The van der Waals surface area contributed by atoms with E-state index in [2.05, 4.69) is 0 Å². The molecule has 2 aliphatic rings. The maximum absolute atomic E-state index is 12.1. The summed E-state index contributed by atoms with van der Waals surface area (Å²) in [6, 6.07) is 0. The van der Waals surface area contributed by atoms with Crippen LogP contribution in [-0.2, 0) is 9.84 Å². The Hall–Kier alpha value is -0.830. The number of rotatable bonds is 0. The van der Waals surface area contributed by atoms with Gasteiger partial charge in [-0.1, -0.05) is 36.5 Å². The second-order valence-electron chi connectivity index (χ2n) is 3.92. The highest BCUT2D eigenvalue weighted by molar-refractivity contribution is 7.95. The van der Waals surface area contributed by atoms with E-state index in [-0.39, 0.29) is 0 Å². The van der Waals surface area contributed by atoms with E-state index in [1.165, 1.54) is 0 Å². The maximum Gasteiger partial charge on any atom is 0.175 e. The second-order valence-corrected chi connectivity index (χ2v) is 6.69. The summed E-state index contributed by atoms with van der Waals surface area (Å²) in [5.74, 6) is 0. The molecule has 0 aromatic carbocycles. The average molecular weight is 196 g/mol. The summed E-state index contributed by atoms with van der Waals surface area (Å²) >= 11 is 0. The highest BCUT2D eigenvalue weighted by Gasteiger charge is 2.51. The van der Waals surface area contributed by atoms with Gasteiger partial charge in [-0.3, -0.25) is 0 Å². The van der Waals surface area contributed by atoms with Gasteiger partial charge in [0.25, 0.3) is 0 Å². The first-order valence-corrected chi connectivity index (χ1v) is 5.71. The molecule has 2 aliphatic heterocycles. The largest absolute Gasteiger partial charge is 0.226 e. The van der Waals surface area contributed by atoms with Crippen LogP contribution in [0.5, 0.6) is 0 Å². The van der Waals surface area contributed by atoms with Gasteiger partial charge in [0.1, 0.15) is 9.49 Å². The number of hydrogen-bond acceptors (Lipinski definition) is 2. The van der Waals surface area contributed by atoms with Crippen LogP contribution in [0.3, 0.4) is 0 Å². The van der Waals surface area contributed by atoms with Gasteiger partial charge in [0, 0.05) is 0 Å². The Bertz CT molecular complexity index is 394. The molecule has 0 aromatic heterocycles. The predicted molar refractivity (Wildman–Crippen MR) is 53.1 cm³/mol. The molecule has 2 nitrogen and oxygen atoms in total. The van der Waals surface area contributed by atoms with E-state index in [0.29, 0.717) is 0 Å². The van der Waals surface area contributed by atoms with Crippen LogP contribution >= 0.6 is 0 Å². The number of hydrogen-bond donors (Lipinski definition) is 0. The summed E-state index contributed by atoms with van der Waals surface area (Å²) in [6.07, 6.45) is 10.6. The highest BCUT2D eigenvalue weighted by atomic mass is 32.2. The molecule has 2 unspecified atom stereocenters. The van der Waals surface area contributed by atoms with Gasteiger partial charge < -0.3 is 0 Å². The van der Waals surface area contributed by atoms with Crippen LogP contribution in [-0.4, -0.2) is 17.9 Å². The molecule has 0 N–H and O–H groups in total.